The van der Waals surface area contributed by atoms with Crippen LogP contribution in [-0.4, -0.2) is 79.6 Å². The molecule has 0 saturated heterocycles. The van der Waals surface area contributed by atoms with Gasteiger partial charge in [-0.2, -0.15) is 0 Å². The first-order chi connectivity index (χ1) is 21.6. The Bertz CT molecular complexity index is 1160. The summed E-state index contributed by atoms with van der Waals surface area (Å²) in [5.41, 5.74) is 11.5. The van der Waals surface area contributed by atoms with Crippen molar-refractivity contribution < 1.29 is 28.7 Å². The summed E-state index contributed by atoms with van der Waals surface area (Å²) in [6.07, 6.45) is 1.18. The molecule has 258 valence electrons. The van der Waals surface area contributed by atoms with Crippen molar-refractivity contribution in [2.75, 3.05) is 26.7 Å². The molecule has 12 nitrogen and oxygen atoms in total. The number of ether oxygens (including phenoxy) is 1. The second kappa shape index (κ2) is 20.5. The van der Waals surface area contributed by atoms with Crippen molar-refractivity contribution in [2.24, 2.45) is 34.2 Å². The molecular weight excluding hydrogens is 588 g/mol. The van der Waals surface area contributed by atoms with Gasteiger partial charge in [-0.15, -0.1) is 0 Å². The summed E-state index contributed by atoms with van der Waals surface area (Å²) in [5, 5.41) is 8.65. The van der Waals surface area contributed by atoms with Gasteiger partial charge in [0.1, 0.15) is 5.78 Å². The van der Waals surface area contributed by atoms with Crippen LogP contribution in [0, 0.1) is 17.8 Å². The average molecular weight is 645 g/mol. The molecule has 0 aromatic heterocycles. The zero-order valence-electron chi connectivity index (χ0n) is 28.7. The normalized spacial score (nSPS) is 14.6. The predicted molar refractivity (Wildman–Crippen MR) is 180 cm³/mol. The van der Waals surface area contributed by atoms with Crippen LogP contribution in [0.3, 0.4) is 0 Å². The number of nitrogens with two attached hydrogens (primary N) is 2. The van der Waals surface area contributed by atoms with Crippen LogP contribution < -0.4 is 27.4 Å². The molecule has 0 aliphatic rings. The quantitative estimate of drug-likeness (QED) is 0.0756. The number of rotatable bonds is 21. The molecule has 0 bridgehead atoms. The Morgan fingerprint density at radius 3 is 2.11 bits per heavy atom. The number of nitrogens with zero attached hydrogens (tertiary/aromatic N) is 1. The Kier molecular flexibility index (Phi) is 18.0. The van der Waals surface area contributed by atoms with E-state index in [1.165, 1.54) is 0 Å². The number of carbonyl (C=O) groups excluding carboxylic acids is 5. The van der Waals surface area contributed by atoms with E-state index < -0.39 is 41.3 Å². The van der Waals surface area contributed by atoms with Crippen LogP contribution in [0.5, 0.6) is 0 Å². The molecule has 2 amide bonds. The molecular formula is C34H56N6O6. The fourth-order valence-electron chi connectivity index (χ4n) is 4.80. The third-order valence-corrected chi connectivity index (χ3v) is 7.53. The van der Waals surface area contributed by atoms with E-state index in [1.54, 1.807) is 27.8 Å². The number of guanidine groups is 1. The molecule has 12 heteroatoms. The van der Waals surface area contributed by atoms with Gasteiger partial charge in [0.15, 0.2) is 17.5 Å². The minimum atomic E-state index is -0.911. The number of amides is 2. The lowest BCUT2D eigenvalue weighted by Crippen LogP contribution is -2.50. The molecule has 0 aliphatic carbocycles. The van der Waals surface area contributed by atoms with Crippen LogP contribution in [0.25, 0.3) is 0 Å². The zero-order valence-corrected chi connectivity index (χ0v) is 28.7. The van der Waals surface area contributed by atoms with Crippen LogP contribution in [0.2, 0.25) is 0 Å². The summed E-state index contributed by atoms with van der Waals surface area (Å²) in [6.45, 7) is 11.1. The van der Waals surface area contributed by atoms with Gasteiger partial charge in [-0.25, -0.2) is 0 Å². The van der Waals surface area contributed by atoms with Crippen LogP contribution >= 0.6 is 0 Å². The van der Waals surface area contributed by atoms with Crippen LogP contribution in [-0.2, 0) is 35.1 Å². The molecule has 1 aromatic carbocycles. The third-order valence-electron chi connectivity index (χ3n) is 7.53. The highest BCUT2D eigenvalue weighted by Crippen LogP contribution is 2.19. The van der Waals surface area contributed by atoms with Crippen molar-refractivity contribution in [3.05, 3.63) is 35.9 Å². The van der Waals surface area contributed by atoms with E-state index in [0.29, 0.717) is 25.8 Å². The molecule has 7 N–H and O–H groups in total. The Hall–Kier alpha value is -3.64. The summed E-state index contributed by atoms with van der Waals surface area (Å²) < 4.78 is 5.94. The van der Waals surface area contributed by atoms with Gasteiger partial charge in [-0.1, -0.05) is 51.1 Å². The highest BCUT2D eigenvalue weighted by atomic mass is 16.5. The first-order valence-electron chi connectivity index (χ1n) is 16.1. The van der Waals surface area contributed by atoms with Gasteiger partial charge >= 0.3 is 0 Å². The van der Waals surface area contributed by atoms with Crippen LogP contribution in [0.4, 0.5) is 0 Å². The number of hydrogen-bond acceptors (Lipinski definition) is 8. The summed E-state index contributed by atoms with van der Waals surface area (Å²) >= 11 is 0. The first-order valence-corrected chi connectivity index (χ1v) is 16.1. The largest absolute Gasteiger partial charge is 0.375 e. The molecule has 0 spiro atoms. The van der Waals surface area contributed by atoms with Crippen molar-refractivity contribution in [2.45, 2.75) is 97.8 Å². The summed E-state index contributed by atoms with van der Waals surface area (Å²) in [7, 11) is 1.55. The highest BCUT2D eigenvalue weighted by Gasteiger charge is 2.34. The molecule has 0 unspecified atom stereocenters. The van der Waals surface area contributed by atoms with Gasteiger partial charge < -0.3 is 32.2 Å². The second-order valence-electron chi connectivity index (χ2n) is 12.9. The minimum Gasteiger partial charge on any atom is -0.375 e. The maximum atomic E-state index is 13.8. The summed E-state index contributed by atoms with van der Waals surface area (Å²) in [6, 6.07) is 7.72. The van der Waals surface area contributed by atoms with Crippen molar-refractivity contribution in [1.29, 1.82) is 0 Å². The standard InChI is InChI=1S/C34H56N6O6/c1-8-28(42)27(17-23-13-10-9-11-14-23)39-32(45)25(21-46-34(4,5)6)19-29(43)30(22(2)3)40-31(44)24(18-26(41)20-35)15-12-16-38-33(36)37-7/h9-11,13-14,22,24-25,27,30H,8,12,15-21,35H2,1-7H3,(H,39,45)(H,40,44)(H3,36,37,38)/t24-,25+,27+,30+/m1/s1. The summed E-state index contributed by atoms with van der Waals surface area (Å²) in [5.74, 6) is -3.28. The van der Waals surface area contributed by atoms with E-state index in [2.05, 4.69) is 20.9 Å². The van der Waals surface area contributed by atoms with Crippen LogP contribution in [0.15, 0.2) is 35.3 Å². The lowest BCUT2D eigenvalue weighted by molar-refractivity contribution is -0.138. The first kappa shape index (κ1) is 40.4. The highest BCUT2D eigenvalue weighted by molar-refractivity contribution is 5.95. The zero-order chi connectivity index (χ0) is 34.9. The van der Waals surface area contributed by atoms with E-state index in [0.717, 1.165) is 5.56 Å². The molecule has 0 radical (unpaired) electrons. The number of ketones is 3. The fraction of sp³-hybridized carbons (Fsp3) is 0.647. The molecule has 0 heterocycles. The monoisotopic (exact) mass is 644 g/mol. The van der Waals surface area contributed by atoms with Gasteiger partial charge in [0, 0.05) is 38.8 Å². The third kappa shape index (κ3) is 15.6. The second-order valence-corrected chi connectivity index (χ2v) is 12.9. The lowest BCUT2D eigenvalue weighted by Gasteiger charge is -2.28. The average Bonchev–Trinajstić information content (AvgIpc) is 3.01. The van der Waals surface area contributed by atoms with E-state index in [1.807, 2.05) is 51.1 Å². The lowest BCUT2D eigenvalue weighted by atomic mass is 9.90. The minimum absolute atomic E-state index is 0.0526. The SMILES string of the molecule is CCC(=O)[C@H](Cc1ccccc1)NC(=O)[C@H](COC(C)(C)C)CC(=O)[C@@H](NC(=O)[C@H](CCCNC(N)=NC)CC(=O)CN)C(C)C. The number of hydrogen-bond donors (Lipinski definition) is 5. The smallest absolute Gasteiger partial charge is 0.226 e. The van der Waals surface area contributed by atoms with Crippen molar-refractivity contribution >= 4 is 35.1 Å². The maximum Gasteiger partial charge on any atom is 0.226 e. The molecule has 1 aromatic rings. The van der Waals surface area contributed by atoms with Crippen LogP contribution in [0.1, 0.15) is 79.2 Å². The molecule has 46 heavy (non-hydrogen) atoms. The Morgan fingerprint density at radius 2 is 1.57 bits per heavy atom. The number of Topliss-reactive ketones (excluding diaryl/α,β-unsaturated/α-hetero) is 3. The van der Waals surface area contributed by atoms with E-state index in [-0.39, 0.29) is 61.6 Å². The van der Waals surface area contributed by atoms with E-state index in [4.69, 9.17) is 16.2 Å². The number of carbonyl (C=O) groups is 5. The van der Waals surface area contributed by atoms with E-state index >= 15 is 0 Å². The summed E-state index contributed by atoms with van der Waals surface area (Å²) in [4.78, 5) is 69.7. The van der Waals surface area contributed by atoms with Gasteiger partial charge in [0.25, 0.3) is 0 Å². The Balaban J connectivity index is 3.15. The molecule has 0 aliphatic heterocycles. The Morgan fingerprint density at radius 1 is 0.935 bits per heavy atom. The maximum absolute atomic E-state index is 13.8. The number of nitrogens with one attached hydrogen (secondary N) is 3. The van der Waals surface area contributed by atoms with E-state index in [9.17, 15) is 24.0 Å². The molecule has 1 rings (SSSR count). The Labute approximate surface area is 274 Å². The van der Waals surface area contributed by atoms with Crippen molar-refractivity contribution in [1.82, 2.24) is 16.0 Å². The van der Waals surface area contributed by atoms with Crippen molar-refractivity contribution in [3.8, 4) is 0 Å². The van der Waals surface area contributed by atoms with Gasteiger partial charge in [-0.05, 0) is 51.5 Å². The predicted octanol–water partition coefficient (Wildman–Crippen LogP) is 2.07. The molecule has 4 atom stereocenters. The van der Waals surface area contributed by atoms with Crippen molar-refractivity contribution in [3.63, 3.8) is 0 Å². The number of benzene rings is 1. The van der Waals surface area contributed by atoms with Gasteiger partial charge in [-0.3, -0.25) is 29.0 Å². The number of aliphatic imine (C=N–C) groups is 1. The van der Waals surface area contributed by atoms with Gasteiger partial charge in [0.2, 0.25) is 11.8 Å². The molecule has 0 saturated carbocycles. The van der Waals surface area contributed by atoms with Gasteiger partial charge in [0.05, 0.1) is 36.8 Å². The topological polar surface area (TPSA) is 195 Å². The molecule has 0 fully saturated rings. The fourth-order valence-corrected chi connectivity index (χ4v) is 4.80.